The van der Waals surface area contributed by atoms with Crippen LogP contribution in [0.25, 0.3) is 33.4 Å². The first kappa shape index (κ1) is 50.0. The van der Waals surface area contributed by atoms with Crippen molar-refractivity contribution in [3.8, 4) is 50.6 Å². The molecule has 6 aromatic rings. The molecular formula is C52H47F9O3. The van der Waals surface area contributed by atoms with Gasteiger partial charge in [0.05, 0.1) is 0 Å². The molecule has 6 rings (SSSR count). The van der Waals surface area contributed by atoms with Crippen molar-refractivity contribution >= 4 is 0 Å². The van der Waals surface area contributed by atoms with Crippen molar-refractivity contribution in [3.05, 3.63) is 197 Å². The summed E-state index contributed by atoms with van der Waals surface area (Å²) in [6.45, 7) is 12.5. The molecule has 0 amide bonds. The highest BCUT2D eigenvalue weighted by atomic mass is 19.2. The van der Waals surface area contributed by atoms with E-state index < -0.39 is 52.4 Å². The summed E-state index contributed by atoms with van der Waals surface area (Å²) in [5, 5.41) is 0. The molecule has 0 aliphatic heterocycles. The van der Waals surface area contributed by atoms with E-state index in [1.165, 1.54) is 99.6 Å². The molecule has 0 fully saturated rings. The van der Waals surface area contributed by atoms with E-state index in [1.807, 2.05) is 26.0 Å². The fourth-order valence-corrected chi connectivity index (χ4v) is 5.86. The van der Waals surface area contributed by atoms with Crippen LogP contribution < -0.4 is 14.2 Å². The topological polar surface area (TPSA) is 27.7 Å². The quantitative estimate of drug-likeness (QED) is 0.0805. The van der Waals surface area contributed by atoms with Crippen molar-refractivity contribution in [2.24, 2.45) is 0 Å². The zero-order valence-corrected chi connectivity index (χ0v) is 35.9. The van der Waals surface area contributed by atoms with Gasteiger partial charge in [0.1, 0.15) is 19.8 Å². The molecule has 0 saturated heterocycles. The van der Waals surface area contributed by atoms with Gasteiger partial charge in [0, 0.05) is 16.7 Å². The van der Waals surface area contributed by atoms with Crippen molar-refractivity contribution in [3.63, 3.8) is 0 Å². The molecule has 12 heteroatoms. The Balaban J connectivity index is 0.000000211. The van der Waals surface area contributed by atoms with Crippen LogP contribution in [0, 0.1) is 73.1 Å². The largest absolute Gasteiger partial charge is 0.486 e. The van der Waals surface area contributed by atoms with Crippen molar-refractivity contribution < 1.29 is 53.7 Å². The predicted octanol–water partition coefficient (Wildman–Crippen LogP) is 15.5. The summed E-state index contributed by atoms with van der Waals surface area (Å²) in [5.74, 6) is -7.32. The van der Waals surface area contributed by atoms with Gasteiger partial charge in [0.25, 0.3) is 0 Å². The molecule has 0 aliphatic carbocycles. The molecule has 6 aromatic carbocycles. The maximum absolute atomic E-state index is 14.0. The predicted molar refractivity (Wildman–Crippen MR) is 235 cm³/mol. The highest BCUT2D eigenvalue weighted by Gasteiger charge is 2.17. The molecule has 64 heavy (non-hydrogen) atoms. The van der Waals surface area contributed by atoms with Gasteiger partial charge in [-0.25, -0.2) is 39.5 Å². The number of hydrogen-bond acceptors (Lipinski definition) is 3. The lowest BCUT2D eigenvalue weighted by molar-refractivity contribution is 0.341. The molecule has 0 aliphatic rings. The molecule has 0 saturated carbocycles. The Morgan fingerprint density at radius 3 is 0.953 bits per heavy atom. The van der Waals surface area contributed by atoms with Crippen LogP contribution in [0.5, 0.6) is 17.2 Å². The number of hydrogen-bond donors (Lipinski definition) is 0. The second kappa shape index (κ2) is 24.2. The Morgan fingerprint density at radius 1 is 0.391 bits per heavy atom. The van der Waals surface area contributed by atoms with Crippen LogP contribution in [0.4, 0.5) is 39.5 Å². The molecule has 0 unspecified atom stereocenters. The summed E-state index contributed by atoms with van der Waals surface area (Å²) >= 11 is 0. The molecule has 0 heterocycles. The molecule has 3 nitrogen and oxygen atoms in total. The minimum absolute atomic E-state index is 0.0160. The third kappa shape index (κ3) is 13.2. The Morgan fingerprint density at radius 2 is 0.688 bits per heavy atom. The highest BCUT2D eigenvalue weighted by Crippen LogP contribution is 2.32. The summed E-state index contributed by atoms with van der Waals surface area (Å²) in [6, 6.07) is 20.8. The monoisotopic (exact) mass is 890 g/mol. The summed E-state index contributed by atoms with van der Waals surface area (Å²) in [5.41, 5.74) is 1.49. The van der Waals surface area contributed by atoms with Gasteiger partial charge in [-0.05, 0) is 103 Å². The molecular weight excluding hydrogens is 844 g/mol. The van der Waals surface area contributed by atoms with Gasteiger partial charge in [-0.2, -0.15) is 0 Å². The fourth-order valence-electron chi connectivity index (χ4n) is 5.86. The van der Waals surface area contributed by atoms with Crippen LogP contribution in [0.1, 0.15) is 43.4 Å². The average Bonchev–Trinajstić information content (AvgIpc) is 3.28. The van der Waals surface area contributed by atoms with E-state index in [-0.39, 0.29) is 87.1 Å². The standard InChI is InChI=1S/2C18H17F3O.C16H13F3O/c2*1-3-4-5-10-22-16-9-7-13(11-15(16)19)14-8-6-12(2)17(20)18(14)21;1-3-8-20-14-7-5-11(9-13(14)17)12-6-4-10(2)15(18)16(12)19/h2*4-9,11H,3,10H2,1-2H3;3-7,9H,1,8H2,2H3/b2*5-4-;. The van der Waals surface area contributed by atoms with Crippen molar-refractivity contribution in [1.29, 1.82) is 0 Å². The SMILES string of the molecule is C=CCOc1ccc(-c2ccc(C)c(F)c2F)cc1F.CC/C=C\COc1ccc(-c2ccc(C)c(F)c2F)cc1F.CC/C=C\COc1ccc(-c2ccc(C)c(F)c2F)cc1F. The number of halogens is 9. The van der Waals surface area contributed by atoms with Gasteiger partial charge in [-0.1, -0.05) is 105 Å². The van der Waals surface area contributed by atoms with Gasteiger partial charge in [0.2, 0.25) is 0 Å². The minimum Gasteiger partial charge on any atom is -0.486 e. The van der Waals surface area contributed by atoms with Crippen molar-refractivity contribution in [1.82, 2.24) is 0 Å². The van der Waals surface area contributed by atoms with Crippen LogP contribution >= 0.6 is 0 Å². The van der Waals surface area contributed by atoms with Crippen LogP contribution in [0.3, 0.4) is 0 Å². The van der Waals surface area contributed by atoms with Gasteiger partial charge in [0.15, 0.2) is 69.6 Å². The number of ether oxygens (including phenoxy) is 3. The number of allylic oxidation sites excluding steroid dienone is 2. The fraction of sp³-hybridized carbons (Fsp3) is 0.192. The number of aryl methyl sites for hydroxylation is 3. The second-order valence-corrected chi connectivity index (χ2v) is 14.1. The van der Waals surface area contributed by atoms with Gasteiger partial charge in [-0.3, -0.25) is 0 Å². The van der Waals surface area contributed by atoms with Crippen molar-refractivity contribution in [2.45, 2.75) is 47.5 Å². The third-order valence-electron chi connectivity index (χ3n) is 9.39. The first-order valence-electron chi connectivity index (χ1n) is 20.2. The van der Waals surface area contributed by atoms with E-state index in [0.717, 1.165) is 31.0 Å². The Bertz CT molecular complexity index is 2480. The van der Waals surface area contributed by atoms with Gasteiger partial charge in [-0.15, -0.1) is 0 Å². The van der Waals surface area contributed by atoms with E-state index in [2.05, 4.69) is 6.58 Å². The van der Waals surface area contributed by atoms with E-state index in [9.17, 15) is 39.5 Å². The third-order valence-corrected chi connectivity index (χ3v) is 9.39. The molecule has 0 N–H and O–H groups in total. The summed E-state index contributed by atoms with van der Waals surface area (Å²) in [4.78, 5) is 0. The maximum atomic E-state index is 14.0. The van der Waals surface area contributed by atoms with Crippen LogP contribution in [-0.2, 0) is 0 Å². The average molecular weight is 891 g/mol. The second-order valence-electron chi connectivity index (χ2n) is 14.1. The van der Waals surface area contributed by atoms with E-state index in [1.54, 1.807) is 12.2 Å². The summed E-state index contributed by atoms with van der Waals surface area (Å²) in [7, 11) is 0. The lowest BCUT2D eigenvalue weighted by atomic mass is 10.0. The molecule has 0 atom stereocenters. The normalized spacial score (nSPS) is 10.9. The highest BCUT2D eigenvalue weighted by molar-refractivity contribution is 5.67. The van der Waals surface area contributed by atoms with Crippen molar-refractivity contribution in [2.75, 3.05) is 19.8 Å². The molecule has 0 radical (unpaired) electrons. The lowest BCUT2D eigenvalue weighted by Gasteiger charge is -2.09. The molecule has 336 valence electrons. The summed E-state index contributed by atoms with van der Waals surface area (Å²) in [6.07, 6.45) is 10.7. The van der Waals surface area contributed by atoms with E-state index in [4.69, 9.17) is 14.2 Å². The first-order valence-corrected chi connectivity index (χ1v) is 20.2. The zero-order valence-electron chi connectivity index (χ0n) is 35.9. The molecule has 0 bridgehead atoms. The van der Waals surface area contributed by atoms with E-state index in [0.29, 0.717) is 0 Å². The Labute approximate surface area is 367 Å². The lowest BCUT2D eigenvalue weighted by Crippen LogP contribution is -1.97. The van der Waals surface area contributed by atoms with Crippen LogP contribution in [0.15, 0.2) is 128 Å². The minimum atomic E-state index is -0.982. The summed E-state index contributed by atoms with van der Waals surface area (Å²) < 4.78 is 140. The van der Waals surface area contributed by atoms with Crippen LogP contribution in [0.2, 0.25) is 0 Å². The smallest absolute Gasteiger partial charge is 0.166 e. The first-order chi connectivity index (χ1) is 30.6. The van der Waals surface area contributed by atoms with Gasteiger partial charge < -0.3 is 14.2 Å². The number of rotatable bonds is 14. The van der Waals surface area contributed by atoms with E-state index >= 15 is 0 Å². The zero-order chi connectivity index (χ0) is 46.9. The van der Waals surface area contributed by atoms with Gasteiger partial charge >= 0.3 is 0 Å². The Hall–Kier alpha value is -6.69. The molecule has 0 spiro atoms. The molecule has 0 aromatic heterocycles. The Kier molecular flexibility index (Phi) is 18.9. The maximum Gasteiger partial charge on any atom is 0.166 e. The van der Waals surface area contributed by atoms with Crippen LogP contribution in [-0.4, -0.2) is 19.8 Å². The number of benzene rings is 6.